The van der Waals surface area contributed by atoms with Gasteiger partial charge in [0.15, 0.2) is 0 Å². The zero-order chi connectivity index (χ0) is 28.8. The van der Waals surface area contributed by atoms with Gasteiger partial charge in [-0.2, -0.15) is 0 Å². The van der Waals surface area contributed by atoms with Gasteiger partial charge in [0.05, 0.1) is 36.7 Å². The van der Waals surface area contributed by atoms with Crippen molar-refractivity contribution < 1.29 is 0 Å². The number of aromatic nitrogens is 2. The predicted molar refractivity (Wildman–Crippen MR) is 160 cm³/mol. The van der Waals surface area contributed by atoms with Gasteiger partial charge in [-0.1, -0.05) is 36.4 Å². The van der Waals surface area contributed by atoms with E-state index in [1.54, 1.807) is 12.4 Å². The Labute approximate surface area is 242 Å². The topological polar surface area (TPSA) is 82.1 Å². The van der Waals surface area contributed by atoms with Gasteiger partial charge in [0.2, 0.25) is 0 Å². The van der Waals surface area contributed by atoms with E-state index in [0.29, 0.717) is 23.3 Å². The van der Waals surface area contributed by atoms with Crippen LogP contribution in [-0.2, 0) is 12.8 Å². The van der Waals surface area contributed by atoms with E-state index in [-0.39, 0.29) is 11.4 Å². The zero-order valence-electron chi connectivity index (χ0n) is 22.2. The smallest absolute Gasteiger partial charge is 0.256 e. The van der Waals surface area contributed by atoms with Crippen molar-refractivity contribution in [1.82, 2.24) is 9.97 Å². The first kappa shape index (κ1) is 24.7. The second-order valence-electron chi connectivity index (χ2n) is 10.1. The summed E-state index contributed by atoms with van der Waals surface area (Å²) in [4.78, 5) is 16.3. The van der Waals surface area contributed by atoms with Crippen LogP contribution in [0.3, 0.4) is 0 Å². The molecule has 0 N–H and O–H groups in total. The van der Waals surface area contributed by atoms with Crippen molar-refractivity contribution in [2.45, 2.75) is 12.8 Å². The lowest BCUT2D eigenvalue weighted by Gasteiger charge is -2.13. The number of nitrogens with zero attached hydrogens (tertiary/aromatic N) is 6. The monoisotopic (exact) mass is 534 g/mol. The molecule has 42 heavy (non-hydrogen) atoms. The molecule has 0 atom stereocenters. The predicted octanol–water partition coefficient (Wildman–Crippen LogP) is 6.06. The Morgan fingerprint density at radius 2 is 1.12 bits per heavy atom. The summed E-state index contributed by atoms with van der Waals surface area (Å²) >= 11 is 0. The van der Waals surface area contributed by atoms with Crippen molar-refractivity contribution in [3.05, 3.63) is 141 Å². The van der Waals surface area contributed by atoms with Gasteiger partial charge < -0.3 is 0 Å². The highest BCUT2D eigenvalue weighted by molar-refractivity contribution is 5.94. The second-order valence-corrected chi connectivity index (χ2v) is 10.1. The molecular formula is C36H18N6. The second kappa shape index (κ2) is 9.69. The largest absolute Gasteiger partial charge is 0.270 e. The molecule has 0 bridgehead atoms. The van der Waals surface area contributed by atoms with Crippen LogP contribution in [0.1, 0.15) is 22.3 Å². The van der Waals surface area contributed by atoms with Crippen LogP contribution in [0.15, 0.2) is 85.2 Å². The van der Waals surface area contributed by atoms with Crippen LogP contribution >= 0.6 is 0 Å². The number of pyridine rings is 2. The van der Waals surface area contributed by atoms with Gasteiger partial charge >= 0.3 is 0 Å². The SMILES string of the molecule is [C-]#[N+]C(C#N)=c1c2c(c(=C(C#N)[N+]#[C-])c3c1Cc1cc(-c4ccccn4)ccc1-3)-c1ccc(-c3ccccn3)cc1C2. The average Bonchev–Trinajstić information content (AvgIpc) is 3.61. The number of rotatable bonds is 2. The molecule has 0 saturated carbocycles. The quantitative estimate of drug-likeness (QED) is 0.253. The molecule has 2 aromatic heterocycles. The maximum atomic E-state index is 10.2. The number of hydrogen-bond acceptors (Lipinski definition) is 4. The molecule has 0 spiro atoms. The summed E-state index contributed by atoms with van der Waals surface area (Å²) in [5.74, 6) is 0. The molecule has 192 valence electrons. The maximum absolute atomic E-state index is 10.2. The van der Waals surface area contributed by atoms with Gasteiger partial charge in [0, 0.05) is 28.7 Å². The third-order valence-corrected chi connectivity index (χ3v) is 8.02. The standard InChI is InChI=1S/C36H18N6/c1-39-31(19-37)33-27-17-23-15-21(29-7-3-5-13-41-29)9-11-25(23)34(27)36(32(20-38)40-2)35-26-12-10-22(16-24(26)18-28(33)35)30-8-4-6-14-42-30/h3-16H,17-18H2. The summed E-state index contributed by atoms with van der Waals surface area (Å²) in [6, 6.07) is 28.0. The van der Waals surface area contributed by atoms with Crippen LogP contribution in [0.4, 0.5) is 0 Å². The van der Waals surface area contributed by atoms with Crippen LogP contribution in [0.5, 0.6) is 0 Å². The van der Waals surface area contributed by atoms with E-state index in [2.05, 4.69) is 43.9 Å². The van der Waals surface area contributed by atoms with E-state index in [1.165, 1.54) is 0 Å². The molecular weight excluding hydrogens is 516 g/mol. The summed E-state index contributed by atoms with van der Waals surface area (Å²) in [5, 5.41) is 21.5. The van der Waals surface area contributed by atoms with Crippen LogP contribution < -0.4 is 10.4 Å². The van der Waals surface area contributed by atoms with Gasteiger partial charge in [-0.15, -0.1) is 0 Å². The molecule has 2 heterocycles. The van der Waals surface area contributed by atoms with Crippen molar-refractivity contribution in [1.29, 1.82) is 10.5 Å². The molecule has 6 nitrogen and oxygen atoms in total. The van der Waals surface area contributed by atoms with Crippen LogP contribution in [0.25, 0.3) is 65.9 Å². The summed E-state index contributed by atoms with van der Waals surface area (Å²) in [6.07, 6.45) is 4.47. The highest BCUT2D eigenvalue weighted by atomic mass is 14.7. The van der Waals surface area contributed by atoms with E-state index < -0.39 is 0 Å². The lowest BCUT2D eigenvalue weighted by atomic mass is 9.90. The van der Waals surface area contributed by atoms with Crippen molar-refractivity contribution in [3.8, 4) is 56.9 Å². The average molecular weight is 535 g/mol. The third-order valence-electron chi connectivity index (χ3n) is 8.02. The number of benzene rings is 3. The highest BCUT2D eigenvalue weighted by Crippen LogP contribution is 2.42. The number of nitriles is 2. The molecule has 6 heteroatoms. The van der Waals surface area contributed by atoms with E-state index >= 15 is 0 Å². The van der Waals surface area contributed by atoms with Gasteiger partial charge in [-0.3, -0.25) is 9.97 Å². The summed E-state index contributed by atoms with van der Waals surface area (Å²) < 4.78 is 0. The van der Waals surface area contributed by atoms with Gasteiger partial charge in [-0.05, 0) is 99.0 Å². The molecule has 0 unspecified atom stereocenters. The zero-order valence-corrected chi connectivity index (χ0v) is 22.2. The minimum atomic E-state index is -0.00123. The maximum Gasteiger partial charge on any atom is 0.270 e. The van der Waals surface area contributed by atoms with Crippen molar-refractivity contribution >= 4 is 11.4 Å². The Morgan fingerprint density at radius 3 is 1.52 bits per heavy atom. The highest BCUT2D eigenvalue weighted by Gasteiger charge is 2.32. The normalized spacial score (nSPS) is 11.5. The Morgan fingerprint density at radius 1 is 0.643 bits per heavy atom. The van der Waals surface area contributed by atoms with Crippen molar-refractivity contribution in [2.24, 2.45) is 0 Å². The fraction of sp³-hybridized carbons (Fsp3) is 0.0556. The van der Waals surface area contributed by atoms with E-state index in [1.807, 2.05) is 60.7 Å². The molecule has 2 aliphatic carbocycles. The lowest BCUT2D eigenvalue weighted by Crippen LogP contribution is -2.25. The molecule has 0 fully saturated rings. The Hall–Kier alpha value is -6.34. The molecule has 5 aromatic rings. The fourth-order valence-corrected chi connectivity index (χ4v) is 6.34. The molecule has 0 saturated heterocycles. The van der Waals surface area contributed by atoms with Crippen LogP contribution in [-0.4, -0.2) is 9.97 Å². The molecule has 2 aliphatic rings. The molecule has 0 radical (unpaired) electrons. The minimum Gasteiger partial charge on any atom is -0.256 e. The Kier molecular flexibility index (Phi) is 5.69. The van der Waals surface area contributed by atoms with Gasteiger partial charge in [0.1, 0.15) is 0 Å². The molecule has 0 aliphatic heterocycles. The number of fused-ring (bicyclic) bond motifs is 6. The molecule has 0 amide bonds. The minimum absolute atomic E-state index is 0.00123. The lowest BCUT2D eigenvalue weighted by molar-refractivity contribution is 1.17. The van der Waals surface area contributed by atoms with Gasteiger partial charge in [-0.25, -0.2) is 20.2 Å². The van der Waals surface area contributed by atoms with Crippen molar-refractivity contribution in [3.63, 3.8) is 0 Å². The fourth-order valence-electron chi connectivity index (χ4n) is 6.34. The van der Waals surface area contributed by atoms with E-state index in [4.69, 9.17) is 13.1 Å². The third kappa shape index (κ3) is 3.61. The first-order valence-electron chi connectivity index (χ1n) is 13.3. The summed E-state index contributed by atoms with van der Waals surface area (Å²) in [6.45, 7) is 15.8. The molecule has 7 rings (SSSR count). The van der Waals surface area contributed by atoms with E-state index in [0.717, 1.165) is 67.0 Å². The van der Waals surface area contributed by atoms with Crippen molar-refractivity contribution in [2.75, 3.05) is 0 Å². The first-order valence-corrected chi connectivity index (χ1v) is 13.3. The van der Waals surface area contributed by atoms with Crippen LogP contribution in [0, 0.1) is 35.8 Å². The van der Waals surface area contributed by atoms with Gasteiger partial charge in [0.25, 0.3) is 11.4 Å². The number of hydrogen-bond donors (Lipinski definition) is 0. The Bertz CT molecular complexity index is 2120. The van der Waals surface area contributed by atoms with Crippen LogP contribution in [0.2, 0.25) is 0 Å². The molecule has 3 aromatic carbocycles. The summed E-state index contributed by atoms with van der Waals surface area (Å²) in [7, 11) is 0. The van der Waals surface area contributed by atoms with E-state index in [9.17, 15) is 10.5 Å². The Balaban J connectivity index is 1.59. The summed E-state index contributed by atoms with van der Waals surface area (Å²) in [5.41, 5.74) is 10.6. The first-order chi connectivity index (χ1) is 20.7.